The highest BCUT2D eigenvalue weighted by Crippen LogP contribution is 2.30. The second kappa shape index (κ2) is 8.79. The molecule has 0 spiro atoms. The van der Waals surface area contributed by atoms with E-state index in [0.717, 1.165) is 4.90 Å². The lowest BCUT2D eigenvalue weighted by Crippen LogP contribution is -2.20. The van der Waals surface area contributed by atoms with Gasteiger partial charge in [0.15, 0.2) is 0 Å². The molecular formula is C17H17ClFNO2S. The van der Waals surface area contributed by atoms with E-state index in [2.05, 4.69) is 0 Å². The number of carbonyl (C=O) groups is 1. The third kappa shape index (κ3) is 5.77. The van der Waals surface area contributed by atoms with Crippen LogP contribution in [0.1, 0.15) is 13.3 Å². The molecule has 0 fully saturated rings. The van der Waals surface area contributed by atoms with Gasteiger partial charge in [-0.1, -0.05) is 17.7 Å². The predicted molar refractivity (Wildman–Crippen MR) is 92.3 cm³/mol. The lowest BCUT2D eigenvalue weighted by Gasteiger charge is -2.23. The third-order valence-electron chi connectivity index (χ3n) is 2.95. The zero-order valence-corrected chi connectivity index (χ0v) is 14.2. The normalized spacial score (nSPS) is 10.4. The van der Waals surface area contributed by atoms with Gasteiger partial charge in [-0.2, -0.15) is 0 Å². The zero-order chi connectivity index (χ0) is 16.7. The van der Waals surface area contributed by atoms with Gasteiger partial charge in [-0.25, -0.2) is 4.39 Å². The summed E-state index contributed by atoms with van der Waals surface area (Å²) in [6, 6.07) is 13.6. The molecule has 2 aromatic carbocycles. The average molecular weight is 354 g/mol. The van der Waals surface area contributed by atoms with Crippen LogP contribution < -0.4 is 4.31 Å². The Labute approximate surface area is 144 Å². The van der Waals surface area contributed by atoms with Gasteiger partial charge in [0.05, 0.1) is 18.7 Å². The van der Waals surface area contributed by atoms with E-state index in [4.69, 9.17) is 16.3 Å². The van der Waals surface area contributed by atoms with Crippen molar-refractivity contribution in [2.45, 2.75) is 18.2 Å². The Morgan fingerprint density at radius 1 is 1.26 bits per heavy atom. The zero-order valence-electron chi connectivity index (χ0n) is 12.7. The van der Waals surface area contributed by atoms with Crippen LogP contribution in [0.5, 0.6) is 0 Å². The van der Waals surface area contributed by atoms with E-state index in [1.807, 2.05) is 16.4 Å². The number of anilines is 1. The Morgan fingerprint density at radius 2 is 2.00 bits per heavy atom. The first-order chi connectivity index (χ1) is 11.1. The molecule has 122 valence electrons. The molecule has 0 aliphatic rings. The third-order valence-corrected chi connectivity index (χ3v) is 4.30. The number of ether oxygens (including phenoxy) is 1. The van der Waals surface area contributed by atoms with Crippen LogP contribution in [-0.2, 0) is 9.53 Å². The second-order valence-electron chi connectivity index (χ2n) is 4.68. The molecule has 0 unspecified atom stereocenters. The molecule has 6 heteroatoms. The van der Waals surface area contributed by atoms with Gasteiger partial charge < -0.3 is 9.04 Å². The van der Waals surface area contributed by atoms with Crippen molar-refractivity contribution in [1.82, 2.24) is 0 Å². The fourth-order valence-electron chi connectivity index (χ4n) is 1.91. The maximum atomic E-state index is 13.5. The minimum absolute atomic E-state index is 0.227. The Balaban J connectivity index is 2.13. The summed E-state index contributed by atoms with van der Waals surface area (Å²) in [7, 11) is 0. The maximum absolute atomic E-state index is 13.5. The van der Waals surface area contributed by atoms with Crippen molar-refractivity contribution in [1.29, 1.82) is 0 Å². The SMILES string of the molecule is CCOC(=O)CCN(Sc1ccc(Cl)cc1)c1cccc(F)c1. The number of halogens is 2. The van der Waals surface area contributed by atoms with Crippen molar-refractivity contribution in [2.24, 2.45) is 0 Å². The average Bonchev–Trinajstić information content (AvgIpc) is 2.53. The molecule has 0 heterocycles. The molecule has 3 nitrogen and oxygen atoms in total. The number of benzene rings is 2. The van der Waals surface area contributed by atoms with Crippen LogP contribution in [-0.4, -0.2) is 19.1 Å². The summed E-state index contributed by atoms with van der Waals surface area (Å²) < 4.78 is 20.3. The first kappa shape index (κ1) is 17.6. The molecule has 0 aromatic heterocycles. The smallest absolute Gasteiger partial charge is 0.307 e. The fourth-order valence-corrected chi connectivity index (χ4v) is 2.95. The van der Waals surface area contributed by atoms with Crippen LogP contribution in [0, 0.1) is 5.82 Å². The molecule has 0 aliphatic heterocycles. The van der Waals surface area contributed by atoms with Crippen molar-refractivity contribution >= 4 is 35.2 Å². The summed E-state index contributed by atoms with van der Waals surface area (Å²) in [5.41, 5.74) is 0.689. The van der Waals surface area contributed by atoms with E-state index >= 15 is 0 Å². The standard InChI is InChI=1S/C17H17ClFNO2S/c1-2-22-17(21)10-11-20(15-5-3-4-14(19)12-15)23-16-8-6-13(18)7-9-16/h3-9,12H,2,10-11H2,1H3. The van der Waals surface area contributed by atoms with Gasteiger partial charge in [0.25, 0.3) is 0 Å². The number of carbonyl (C=O) groups excluding carboxylic acids is 1. The molecule has 0 aliphatic carbocycles. The van der Waals surface area contributed by atoms with E-state index in [0.29, 0.717) is 23.9 Å². The molecular weight excluding hydrogens is 337 g/mol. The van der Waals surface area contributed by atoms with E-state index in [1.165, 1.54) is 24.1 Å². The number of nitrogens with zero attached hydrogens (tertiary/aromatic N) is 1. The summed E-state index contributed by atoms with van der Waals surface area (Å²) in [6.45, 7) is 2.53. The predicted octanol–water partition coefficient (Wildman–Crippen LogP) is 4.95. The van der Waals surface area contributed by atoms with Crippen molar-refractivity contribution in [3.05, 3.63) is 59.4 Å². The number of hydrogen-bond donors (Lipinski definition) is 0. The lowest BCUT2D eigenvalue weighted by molar-refractivity contribution is -0.142. The summed E-state index contributed by atoms with van der Waals surface area (Å²) in [5, 5.41) is 0.651. The van der Waals surface area contributed by atoms with E-state index in [-0.39, 0.29) is 18.2 Å². The summed E-state index contributed by atoms with van der Waals surface area (Å²) in [5.74, 6) is -0.592. The quantitative estimate of drug-likeness (QED) is 0.520. The first-order valence-corrected chi connectivity index (χ1v) is 8.36. The van der Waals surface area contributed by atoms with Crippen molar-refractivity contribution in [2.75, 3.05) is 17.5 Å². The van der Waals surface area contributed by atoms with Crippen molar-refractivity contribution in [3.8, 4) is 0 Å². The highest BCUT2D eigenvalue weighted by Gasteiger charge is 2.12. The minimum Gasteiger partial charge on any atom is -0.466 e. The maximum Gasteiger partial charge on any atom is 0.307 e. The Kier molecular flexibility index (Phi) is 6.74. The van der Waals surface area contributed by atoms with Gasteiger partial charge in [0, 0.05) is 16.5 Å². The van der Waals surface area contributed by atoms with Gasteiger partial charge >= 0.3 is 5.97 Å². The van der Waals surface area contributed by atoms with Gasteiger partial charge in [-0.3, -0.25) is 4.79 Å². The van der Waals surface area contributed by atoms with Crippen LogP contribution in [0.3, 0.4) is 0 Å². The van der Waals surface area contributed by atoms with E-state index in [1.54, 1.807) is 31.2 Å². The largest absolute Gasteiger partial charge is 0.466 e. The van der Waals surface area contributed by atoms with Gasteiger partial charge in [-0.05, 0) is 61.3 Å². The van der Waals surface area contributed by atoms with E-state index < -0.39 is 0 Å². The molecule has 0 radical (unpaired) electrons. The Bertz CT molecular complexity index is 651. The van der Waals surface area contributed by atoms with Crippen molar-refractivity contribution in [3.63, 3.8) is 0 Å². The fraction of sp³-hybridized carbons (Fsp3) is 0.235. The van der Waals surface area contributed by atoms with Crippen LogP contribution in [0.25, 0.3) is 0 Å². The van der Waals surface area contributed by atoms with Crippen LogP contribution >= 0.6 is 23.5 Å². The van der Waals surface area contributed by atoms with E-state index in [9.17, 15) is 9.18 Å². The summed E-state index contributed by atoms with van der Waals surface area (Å²) >= 11 is 7.31. The molecule has 0 saturated carbocycles. The Hall–Kier alpha value is -1.72. The monoisotopic (exact) mass is 353 g/mol. The molecule has 0 atom stereocenters. The lowest BCUT2D eigenvalue weighted by atomic mass is 10.3. The van der Waals surface area contributed by atoms with Gasteiger partial charge in [0.1, 0.15) is 5.82 Å². The molecule has 0 amide bonds. The van der Waals surface area contributed by atoms with Crippen LogP contribution in [0.4, 0.5) is 10.1 Å². The van der Waals surface area contributed by atoms with Crippen molar-refractivity contribution < 1.29 is 13.9 Å². The Morgan fingerprint density at radius 3 is 2.65 bits per heavy atom. The topological polar surface area (TPSA) is 29.5 Å². The molecule has 0 N–H and O–H groups in total. The number of rotatable bonds is 7. The first-order valence-electron chi connectivity index (χ1n) is 7.20. The molecule has 2 rings (SSSR count). The molecule has 2 aromatic rings. The molecule has 23 heavy (non-hydrogen) atoms. The van der Waals surface area contributed by atoms with Gasteiger partial charge in [0.2, 0.25) is 0 Å². The van der Waals surface area contributed by atoms with Crippen LogP contribution in [0.2, 0.25) is 5.02 Å². The van der Waals surface area contributed by atoms with Crippen LogP contribution in [0.15, 0.2) is 53.4 Å². The van der Waals surface area contributed by atoms with Gasteiger partial charge in [-0.15, -0.1) is 0 Å². The number of esters is 1. The molecule has 0 saturated heterocycles. The molecule has 0 bridgehead atoms. The highest BCUT2D eigenvalue weighted by molar-refractivity contribution is 8.00. The summed E-state index contributed by atoms with van der Waals surface area (Å²) in [4.78, 5) is 12.5. The summed E-state index contributed by atoms with van der Waals surface area (Å²) in [6.07, 6.45) is 0.227. The minimum atomic E-state index is -0.319. The number of hydrogen-bond acceptors (Lipinski definition) is 4. The highest BCUT2D eigenvalue weighted by atomic mass is 35.5. The second-order valence-corrected chi connectivity index (χ2v) is 6.21.